The van der Waals surface area contributed by atoms with Crippen LogP contribution in [0.25, 0.3) is 0 Å². The first-order chi connectivity index (χ1) is 9.88. The third-order valence-corrected chi connectivity index (χ3v) is 4.52. The fourth-order valence-electron chi connectivity index (χ4n) is 2.58. The zero-order chi connectivity index (χ0) is 13.8. The summed E-state index contributed by atoms with van der Waals surface area (Å²) in [5.41, 5.74) is 4.25. The van der Waals surface area contributed by atoms with Crippen LogP contribution in [0.5, 0.6) is 0 Å². The number of thiophene rings is 1. The molecule has 1 saturated carbocycles. The van der Waals surface area contributed by atoms with E-state index in [0.717, 1.165) is 25.7 Å². The molecule has 0 atom stereocenters. The highest BCUT2D eigenvalue weighted by Crippen LogP contribution is 2.35. The first-order valence-electron chi connectivity index (χ1n) is 7.45. The van der Waals surface area contributed by atoms with Gasteiger partial charge >= 0.3 is 0 Å². The van der Waals surface area contributed by atoms with Crippen molar-refractivity contribution in [1.82, 2.24) is 5.32 Å². The lowest BCUT2D eigenvalue weighted by atomic mass is 10.1. The molecule has 0 radical (unpaired) electrons. The molecule has 2 nitrogen and oxygen atoms in total. The molecular weight excluding hydrogens is 264 g/mol. The Morgan fingerprint density at radius 2 is 2.10 bits per heavy atom. The van der Waals surface area contributed by atoms with Crippen LogP contribution in [0.15, 0.2) is 41.1 Å². The smallest absolute Gasteiger partial charge is 0.0440 e. The van der Waals surface area contributed by atoms with Gasteiger partial charge in [-0.25, -0.2) is 0 Å². The minimum atomic E-state index is 0.734. The summed E-state index contributed by atoms with van der Waals surface area (Å²) >= 11 is 1.79. The summed E-state index contributed by atoms with van der Waals surface area (Å²) in [4.78, 5) is 2.59. The first-order valence-corrected chi connectivity index (χ1v) is 8.39. The van der Waals surface area contributed by atoms with Gasteiger partial charge in [0, 0.05) is 24.8 Å². The normalized spacial score (nSPS) is 14.4. The van der Waals surface area contributed by atoms with Gasteiger partial charge in [0.15, 0.2) is 0 Å². The van der Waals surface area contributed by atoms with E-state index in [1.807, 2.05) is 0 Å². The van der Waals surface area contributed by atoms with Crippen LogP contribution in [0.3, 0.4) is 0 Å². The lowest BCUT2D eigenvalue weighted by molar-refractivity contribution is 0.715. The molecule has 0 aliphatic heterocycles. The number of rotatable bonds is 7. The van der Waals surface area contributed by atoms with Crippen LogP contribution in [0.2, 0.25) is 0 Å². The summed E-state index contributed by atoms with van der Waals surface area (Å²) < 4.78 is 0. The Balaban J connectivity index is 1.83. The Morgan fingerprint density at radius 3 is 2.80 bits per heavy atom. The number of hydrogen-bond acceptors (Lipinski definition) is 3. The first kappa shape index (κ1) is 13.7. The Bertz CT molecular complexity index is 532. The Hall–Kier alpha value is -1.32. The fourth-order valence-corrected chi connectivity index (χ4v) is 3.24. The van der Waals surface area contributed by atoms with Crippen molar-refractivity contribution in [1.29, 1.82) is 0 Å². The van der Waals surface area contributed by atoms with Crippen LogP contribution in [-0.2, 0) is 13.1 Å². The highest BCUT2D eigenvalue weighted by atomic mass is 32.1. The molecule has 106 valence electrons. The van der Waals surface area contributed by atoms with Crippen molar-refractivity contribution in [3.05, 3.63) is 52.2 Å². The molecule has 20 heavy (non-hydrogen) atoms. The molecule has 1 fully saturated rings. The summed E-state index contributed by atoms with van der Waals surface area (Å²) in [6.07, 6.45) is 2.67. The lowest BCUT2D eigenvalue weighted by Crippen LogP contribution is -2.27. The van der Waals surface area contributed by atoms with Crippen molar-refractivity contribution in [3.63, 3.8) is 0 Å². The zero-order valence-electron chi connectivity index (χ0n) is 12.0. The number of anilines is 1. The summed E-state index contributed by atoms with van der Waals surface area (Å²) in [7, 11) is 0. The van der Waals surface area contributed by atoms with Gasteiger partial charge in [-0.2, -0.15) is 11.3 Å². The van der Waals surface area contributed by atoms with Gasteiger partial charge in [-0.3, -0.25) is 0 Å². The zero-order valence-corrected chi connectivity index (χ0v) is 12.8. The van der Waals surface area contributed by atoms with Gasteiger partial charge in [0.25, 0.3) is 0 Å². The Labute approximate surface area is 125 Å². The molecular formula is C17H22N2S. The highest BCUT2D eigenvalue weighted by Gasteiger charge is 2.30. The predicted molar refractivity (Wildman–Crippen MR) is 87.3 cm³/mol. The number of para-hydroxylation sites is 1. The maximum absolute atomic E-state index is 3.45. The second kappa shape index (κ2) is 6.42. The molecule has 0 amide bonds. The maximum atomic E-state index is 3.45. The van der Waals surface area contributed by atoms with Crippen molar-refractivity contribution in [2.75, 3.05) is 11.4 Å². The molecule has 1 N–H and O–H groups in total. The summed E-state index contributed by atoms with van der Waals surface area (Å²) in [6, 6.07) is 11.8. The molecule has 3 rings (SSSR count). The summed E-state index contributed by atoms with van der Waals surface area (Å²) in [5.74, 6) is 0. The molecule has 0 spiro atoms. The average Bonchev–Trinajstić information content (AvgIpc) is 3.20. The molecule has 1 aliphatic carbocycles. The van der Waals surface area contributed by atoms with Crippen LogP contribution in [0, 0.1) is 0 Å². The second-order valence-corrected chi connectivity index (χ2v) is 6.18. The number of hydrogen-bond donors (Lipinski definition) is 1. The van der Waals surface area contributed by atoms with Crippen molar-refractivity contribution in [2.45, 2.75) is 38.9 Å². The van der Waals surface area contributed by atoms with Gasteiger partial charge in [-0.1, -0.05) is 25.1 Å². The van der Waals surface area contributed by atoms with Crippen LogP contribution in [0.4, 0.5) is 5.69 Å². The number of benzene rings is 1. The fraction of sp³-hybridized carbons (Fsp3) is 0.412. The molecule has 2 aromatic rings. The van der Waals surface area contributed by atoms with E-state index in [9.17, 15) is 0 Å². The predicted octanol–water partition coefficient (Wildman–Crippen LogP) is 4.03. The monoisotopic (exact) mass is 286 g/mol. The molecule has 1 aromatic heterocycles. The summed E-state index contributed by atoms with van der Waals surface area (Å²) in [5, 5.41) is 7.89. The molecule has 1 aromatic carbocycles. The van der Waals surface area contributed by atoms with E-state index in [0.29, 0.717) is 0 Å². The van der Waals surface area contributed by atoms with Gasteiger partial charge in [-0.05, 0) is 53.4 Å². The van der Waals surface area contributed by atoms with Crippen molar-refractivity contribution in [3.8, 4) is 0 Å². The van der Waals surface area contributed by atoms with Gasteiger partial charge in [-0.15, -0.1) is 0 Å². The van der Waals surface area contributed by atoms with Crippen molar-refractivity contribution in [2.24, 2.45) is 0 Å². The van der Waals surface area contributed by atoms with E-state index < -0.39 is 0 Å². The quantitative estimate of drug-likeness (QED) is 0.827. The Kier molecular flexibility index (Phi) is 4.38. The minimum Gasteiger partial charge on any atom is -0.364 e. The van der Waals surface area contributed by atoms with Crippen LogP contribution < -0.4 is 10.2 Å². The van der Waals surface area contributed by atoms with Gasteiger partial charge in [0.2, 0.25) is 0 Å². The van der Waals surface area contributed by atoms with Gasteiger partial charge in [0.1, 0.15) is 0 Å². The third-order valence-electron chi connectivity index (χ3n) is 3.79. The summed E-state index contributed by atoms with van der Waals surface area (Å²) in [6.45, 7) is 5.17. The van der Waals surface area contributed by atoms with E-state index >= 15 is 0 Å². The highest BCUT2D eigenvalue weighted by molar-refractivity contribution is 7.07. The van der Waals surface area contributed by atoms with Crippen LogP contribution in [0.1, 0.15) is 30.9 Å². The molecule has 3 heteroatoms. The van der Waals surface area contributed by atoms with Gasteiger partial charge < -0.3 is 10.2 Å². The lowest BCUT2D eigenvalue weighted by Gasteiger charge is -2.27. The third kappa shape index (κ3) is 3.22. The van der Waals surface area contributed by atoms with E-state index in [4.69, 9.17) is 0 Å². The van der Waals surface area contributed by atoms with Crippen LogP contribution >= 0.6 is 11.3 Å². The van der Waals surface area contributed by atoms with Crippen molar-refractivity contribution < 1.29 is 0 Å². The second-order valence-electron chi connectivity index (χ2n) is 5.40. The Morgan fingerprint density at radius 1 is 1.25 bits per heavy atom. The van der Waals surface area contributed by atoms with Crippen molar-refractivity contribution >= 4 is 17.0 Å². The topological polar surface area (TPSA) is 15.3 Å². The van der Waals surface area contributed by atoms with E-state index in [1.165, 1.54) is 29.7 Å². The van der Waals surface area contributed by atoms with E-state index in [-0.39, 0.29) is 0 Å². The van der Waals surface area contributed by atoms with Gasteiger partial charge in [0.05, 0.1) is 0 Å². The molecule has 1 heterocycles. The standard InChI is InChI=1S/C17H22N2S/c1-2-18-11-15-5-3-4-6-17(15)19(16-7-8-16)12-14-9-10-20-13-14/h3-6,9-10,13,16,18H,2,7-8,11-12H2,1H3. The number of nitrogens with one attached hydrogen (secondary N) is 1. The number of nitrogens with zero attached hydrogens (tertiary/aromatic N) is 1. The SMILES string of the molecule is CCNCc1ccccc1N(Cc1ccsc1)C1CC1. The van der Waals surface area contributed by atoms with Crippen LogP contribution in [-0.4, -0.2) is 12.6 Å². The molecule has 0 unspecified atom stereocenters. The average molecular weight is 286 g/mol. The largest absolute Gasteiger partial charge is 0.364 e. The molecule has 0 bridgehead atoms. The minimum absolute atomic E-state index is 0.734. The molecule has 0 saturated heterocycles. The molecule has 1 aliphatic rings. The van der Waals surface area contributed by atoms with E-state index in [1.54, 1.807) is 11.3 Å². The van der Waals surface area contributed by atoms with E-state index in [2.05, 4.69) is 58.2 Å². The maximum Gasteiger partial charge on any atom is 0.0440 e.